The number of amides is 1. The van der Waals surface area contributed by atoms with E-state index in [9.17, 15) is 13.2 Å². The number of benzene rings is 2. The van der Waals surface area contributed by atoms with Crippen LogP contribution in [0.2, 0.25) is 0 Å². The molecule has 1 saturated heterocycles. The van der Waals surface area contributed by atoms with Crippen molar-refractivity contribution < 1.29 is 13.2 Å². The summed E-state index contributed by atoms with van der Waals surface area (Å²) >= 11 is 0. The van der Waals surface area contributed by atoms with Crippen molar-refractivity contribution in [1.82, 2.24) is 10.2 Å². The van der Waals surface area contributed by atoms with E-state index in [0.29, 0.717) is 18.7 Å². The summed E-state index contributed by atoms with van der Waals surface area (Å²) in [5.41, 5.74) is 2.75. The molecule has 2 aromatic rings. The first kappa shape index (κ1) is 23.3. The van der Waals surface area contributed by atoms with Crippen molar-refractivity contribution in [3.8, 4) is 0 Å². The molecule has 1 amide bonds. The van der Waals surface area contributed by atoms with Crippen molar-refractivity contribution in [2.45, 2.75) is 51.7 Å². The topological polar surface area (TPSA) is 69.7 Å². The average molecular weight is 444 g/mol. The number of hydrogen-bond acceptors (Lipinski definition) is 4. The molecule has 1 N–H and O–H groups in total. The molecular formula is C24H33N3O3S. The molecule has 1 atom stereocenters. The fraction of sp³-hybridized carbons (Fsp3) is 0.458. The Bertz CT molecular complexity index is 957. The normalized spacial score (nSPS) is 15.9. The van der Waals surface area contributed by atoms with Crippen LogP contribution in [0.5, 0.6) is 0 Å². The second kappa shape index (κ2) is 10.8. The number of carbonyl (C=O) groups excluding carboxylic acids is 1. The quantitative estimate of drug-likeness (QED) is 0.644. The highest BCUT2D eigenvalue weighted by Crippen LogP contribution is 2.22. The summed E-state index contributed by atoms with van der Waals surface area (Å²) in [6.07, 6.45) is 5.34. The molecule has 3 rings (SSSR count). The molecule has 0 spiro atoms. The third kappa shape index (κ3) is 6.55. The molecular weight excluding hydrogens is 410 g/mol. The first-order chi connectivity index (χ1) is 14.9. The summed E-state index contributed by atoms with van der Waals surface area (Å²) in [6, 6.07) is 16.2. The third-order valence-electron chi connectivity index (χ3n) is 5.65. The SMILES string of the molecule is CCC(C(=O)NCc1cccc(CN2CCCCC2)c1)N(c1ccccc1)S(C)(=O)=O. The molecule has 0 bridgehead atoms. The summed E-state index contributed by atoms with van der Waals surface area (Å²) in [5.74, 6) is -0.293. The Hall–Kier alpha value is -2.38. The van der Waals surface area contributed by atoms with Gasteiger partial charge in [0.15, 0.2) is 0 Å². The molecule has 31 heavy (non-hydrogen) atoms. The van der Waals surface area contributed by atoms with E-state index >= 15 is 0 Å². The first-order valence-electron chi connectivity index (χ1n) is 11.0. The van der Waals surface area contributed by atoms with E-state index in [1.807, 2.05) is 25.1 Å². The van der Waals surface area contributed by atoms with Crippen LogP contribution in [0.1, 0.15) is 43.7 Å². The number of sulfonamides is 1. The molecule has 0 aliphatic carbocycles. The van der Waals surface area contributed by atoms with Gasteiger partial charge in [-0.05, 0) is 55.6 Å². The van der Waals surface area contributed by atoms with Crippen LogP contribution in [0.3, 0.4) is 0 Å². The summed E-state index contributed by atoms with van der Waals surface area (Å²) in [7, 11) is -3.61. The van der Waals surface area contributed by atoms with Crippen LogP contribution < -0.4 is 9.62 Å². The summed E-state index contributed by atoms with van der Waals surface area (Å²) in [4.78, 5) is 15.5. The number of piperidine rings is 1. The maximum absolute atomic E-state index is 13.0. The average Bonchev–Trinajstić information content (AvgIpc) is 2.76. The smallest absolute Gasteiger partial charge is 0.244 e. The number of carbonyl (C=O) groups is 1. The monoisotopic (exact) mass is 443 g/mol. The lowest BCUT2D eigenvalue weighted by Gasteiger charge is -2.30. The number of rotatable bonds is 9. The Morgan fingerprint density at radius 2 is 1.71 bits per heavy atom. The van der Waals surface area contributed by atoms with E-state index in [4.69, 9.17) is 0 Å². The van der Waals surface area contributed by atoms with Crippen molar-refractivity contribution in [2.24, 2.45) is 0 Å². The lowest BCUT2D eigenvalue weighted by molar-refractivity contribution is -0.122. The Morgan fingerprint density at radius 1 is 1.03 bits per heavy atom. The van der Waals surface area contributed by atoms with Gasteiger partial charge in [-0.2, -0.15) is 0 Å². The molecule has 1 fully saturated rings. The van der Waals surface area contributed by atoms with Gasteiger partial charge in [-0.3, -0.25) is 14.0 Å². The lowest BCUT2D eigenvalue weighted by atomic mass is 10.1. The van der Waals surface area contributed by atoms with Gasteiger partial charge in [0, 0.05) is 13.1 Å². The fourth-order valence-electron chi connectivity index (χ4n) is 4.16. The predicted molar refractivity (Wildman–Crippen MR) is 125 cm³/mol. The zero-order valence-electron chi connectivity index (χ0n) is 18.5. The van der Waals surface area contributed by atoms with E-state index in [0.717, 1.165) is 31.5 Å². The Balaban J connectivity index is 1.67. The maximum Gasteiger partial charge on any atom is 0.244 e. The van der Waals surface area contributed by atoms with Crippen LogP contribution >= 0.6 is 0 Å². The molecule has 0 aromatic heterocycles. The van der Waals surface area contributed by atoms with Gasteiger partial charge < -0.3 is 5.32 Å². The number of likely N-dealkylation sites (tertiary alicyclic amines) is 1. The second-order valence-corrected chi connectivity index (χ2v) is 10.1. The minimum atomic E-state index is -3.61. The van der Waals surface area contributed by atoms with Gasteiger partial charge in [0.2, 0.25) is 15.9 Å². The number of hydrogen-bond donors (Lipinski definition) is 1. The number of nitrogens with zero attached hydrogens (tertiary/aromatic N) is 2. The van der Waals surface area contributed by atoms with Gasteiger partial charge >= 0.3 is 0 Å². The van der Waals surface area contributed by atoms with Gasteiger partial charge in [-0.1, -0.05) is 55.8 Å². The van der Waals surface area contributed by atoms with E-state index < -0.39 is 16.1 Å². The van der Waals surface area contributed by atoms with Crippen molar-refractivity contribution in [1.29, 1.82) is 0 Å². The third-order valence-corrected chi connectivity index (χ3v) is 6.83. The minimum absolute atomic E-state index is 0.293. The van der Waals surface area contributed by atoms with Crippen molar-refractivity contribution in [3.63, 3.8) is 0 Å². The molecule has 1 aliphatic rings. The molecule has 6 nitrogen and oxygen atoms in total. The highest BCUT2D eigenvalue weighted by Gasteiger charge is 2.31. The van der Waals surface area contributed by atoms with Crippen LogP contribution in [0.25, 0.3) is 0 Å². The van der Waals surface area contributed by atoms with Gasteiger partial charge in [-0.25, -0.2) is 8.42 Å². The van der Waals surface area contributed by atoms with Crippen LogP contribution in [0.4, 0.5) is 5.69 Å². The van der Waals surface area contributed by atoms with Crippen molar-refractivity contribution >= 4 is 21.6 Å². The Kier molecular flexibility index (Phi) is 8.09. The molecule has 1 unspecified atom stereocenters. The summed E-state index contributed by atoms with van der Waals surface area (Å²) in [6.45, 7) is 5.40. The molecule has 0 radical (unpaired) electrons. The molecule has 2 aromatic carbocycles. The van der Waals surface area contributed by atoms with Gasteiger partial charge in [0.05, 0.1) is 11.9 Å². The minimum Gasteiger partial charge on any atom is -0.350 e. The molecule has 1 heterocycles. The standard InChI is InChI=1S/C24H33N3O3S/c1-3-23(27(31(2,29)30)22-13-6-4-7-14-22)24(28)25-18-20-11-10-12-21(17-20)19-26-15-8-5-9-16-26/h4,6-7,10-14,17,23H,3,5,8-9,15-16,18-19H2,1-2H3,(H,25,28). The van der Waals surface area contributed by atoms with Crippen LogP contribution in [0, 0.1) is 0 Å². The number of nitrogens with one attached hydrogen (secondary N) is 1. The van der Waals surface area contributed by atoms with Gasteiger partial charge in [-0.15, -0.1) is 0 Å². The van der Waals surface area contributed by atoms with E-state index in [2.05, 4.69) is 22.3 Å². The zero-order valence-corrected chi connectivity index (χ0v) is 19.3. The van der Waals surface area contributed by atoms with E-state index in [-0.39, 0.29) is 5.91 Å². The van der Waals surface area contributed by atoms with Crippen molar-refractivity contribution in [3.05, 3.63) is 65.7 Å². The molecule has 7 heteroatoms. The molecule has 0 saturated carbocycles. The highest BCUT2D eigenvalue weighted by molar-refractivity contribution is 7.92. The lowest BCUT2D eigenvalue weighted by Crippen LogP contribution is -2.49. The van der Waals surface area contributed by atoms with E-state index in [1.54, 1.807) is 24.3 Å². The largest absolute Gasteiger partial charge is 0.350 e. The van der Waals surface area contributed by atoms with Crippen molar-refractivity contribution in [2.75, 3.05) is 23.7 Å². The van der Waals surface area contributed by atoms with Crippen LogP contribution in [-0.2, 0) is 27.9 Å². The molecule has 1 aliphatic heterocycles. The van der Waals surface area contributed by atoms with Gasteiger partial charge in [0.25, 0.3) is 0 Å². The summed E-state index contributed by atoms with van der Waals surface area (Å²) < 4.78 is 26.2. The zero-order chi connectivity index (χ0) is 22.3. The Morgan fingerprint density at radius 3 is 2.35 bits per heavy atom. The first-order valence-corrected chi connectivity index (χ1v) is 12.9. The number of anilines is 1. The number of para-hydroxylation sites is 1. The highest BCUT2D eigenvalue weighted by atomic mass is 32.2. The predicted octanol–water partition coefficient (Wildman–Crippen LogP) is 3.53. The van der Waals surface area contributed by atoms with E-state index in [1.165, 1.54) is 29.1 Å². The van der Waals surface area contributed by atoms with Crippen LogP contribution in [0.15, 0.2) is 54.6 Å². The fourth-order valence-corrected chi connectivity index (χ4v) is 5.37. The Labute approximate surface area is 186 Å². The maximum atomic E-state index is 13.0. The van der Waals surface area contributed by atoms with Crippen LogP contribution in [-0.4, -0.2) is 44.6 Å². The van der Waals surface area contributed by atoms with Gasteiger partial charge in [0.1, 0.15) is 6.04 Å². The second-order valence-electron chi connectivity index (χ2n) is 8.19. The summed E-state index contributed by atoms with van der Waals surface area (Å²) in [5, 5.41) is 2.94. The molecule has 168 valence electrons.